The minimum absolute atomic E-state index is 0.0246. The van der Waals surface area contributed by atoms with Crippen LogP contribution in [0, 0.1) is 5.82 Å². The first-order valence-electron chi connectivity index (χ1n) is 6.14. The molecule has 0 aliphatic rings. The Morgan fingerprint density at radius 2 is 1.81 bits per heavy atom. The minimum Gasteiger partial charge on any atom is -0.355 e. The molecule has 0 unspecified atom stereocenters. The van der Waals surface area contributed by atoms with Crippen LogP contribution in [0.1, 0.15) is 10.4 Å². The molecule has 0 spiro atoms. The standard InChI is InChI=1S/C15H12ClFN2OS/c16-13-4-2-1-3-12(13)14(20)9-18-15(21)19-11-7-5-10(17)6-8-11/h1-8H,9H2,(H2,18,19,21). The molecule has 3 nitrogen and oxygen atoms in total. The summed E-state index contributed by atoms with van der Waals surface area (Å²) in [6, 6.07) is 12.6. The van der Waals surface area contributed by atoms with E-state index < -0.39 is 0 Å². The molecule has 0 saturated carbocycles. The predicted molar refractivity (Wildman–Crippen MR) is 86.4 cm³/mol. The maximum atomic E-state index is 12.8. The van der Waals surface area contributed by atoms with Crippen LogP contribution >= 0.6 is 23.8 Å². The lowest BCUT2D eigenvalue weighted by atomic mass is 10.1. The third-order valence-corrected chi connectivity index (χ3v) is 3.26. The molecule has 2 rings (SSSR count). The van der Waals surface area contributed by atoms with E-state index in [-0.39, 0.29) is 23.3 Å². The van der Waals surface area contributed by atoms with Gasteiger partial charge < -0.3 is 10.6 Å². The van der Waals surface area contributed by atoms with E-state index in [1.807, 2.05) is 0 Å². The van der Waals surface area contributed by atoms with Crippen molar-refractivity contribution < 1.29 is 9.18 Å². The van der Waals surface area contributed by atoms with E-state index in [2.05, 4.69) is 10.6 Å². The Morgan fingerprint density at radius 1 is 1.14 bits per heavy atom. The molecule has 108 valence electrons. The summed E-state index contributed by atoms with van der Waals surface area (Å²) >= 11 is 11.0. The van der Waals surface area contributed by atoms with Crippen molar-refractivity contribution in [1.29, 1.82) is 0 Å². The summed E-state index contributed by atoms with van der Waals surface area (Å²) in [6.07, 6.45) is 0. The highest BCUT2D eigenvalue weighted by molar-refractivity contribution is 7.80. The van der Waals surface area contributed by atoms with Gasteiger partial charge in [-0.05, 0) is 48.6 Å². The van der Waals surface area contributed by atoms with Gasteiger partial charge in [0, 0.05) is 11.3 Å². The number of halogens is 2. The van der Waals surface area contributed by atoms with Gasteiger partial charge in [-0.3, -0.25) is 4.79 Å². The van der Waals surface area contributed by atoms with Crippen LogP contribution in [0.2, 0.25) is 5.02 Å². The number of rotatable bonds is 4. The second kappa shape index (κ2) is 7.15. The van der Waals surface area contributed by atoms with Crippen molar-refractivity contribution in [2.75, 3.05) is 11.9 Å². The average molecular weight is 323 g/mol. The topological polar surface area (TPSA) is 41.1 Å². The van der Waals surface area contributed by atoms with Gasteiger partial charge >= 0.3 is 0 Å². The van der Waals surface area contributed by atoms with Crippen molar-refractivity contribution in [1.82, 2.24) is 5.32 Å². The molecule has 0 heterocycles. The van der Waals surface area contributed by atoms with Gasteiger partial charge in [0.1, 0.15) is 5.82 Å². The smallest absolute Gasteiger partial charge is 0.183 e. The van der Waals surface area contributed by atoms with Crippen molar-refractivity contribution in [3.63, 3.8) is 0 Å². The summed E-state index contributed by atoms with van der Waals surface area (Å²) in [5.74, 6) is -0.489. The summed E-state index contributed by atoms with van der Waals surface area (Å²) in [5, 5.41) is 6.33. The van der Waals surface area contributed by atoms with E-state index in [9.17, 15) is 9.18 Å². The summed E-state index contributed by atoms with van der Waals surface area (Å²) < 4.78 is 12.8. The molecule has 6 heteroatoms. The van der Waals surface area contributed by atoms with Gasteiger partial charge in [-0.25, -0.2) is 4.39 Å². The number of anilines is 1. The van der Waals surface area contributed by atoms with Crippen LogP contribution in [0.4, 0.5) is 10.1 Å². The molecular formula is C15H12ClFN2OS. The van der Waals surface area contributed by atoms with E-state index in [0.29, 0.717) is 16.3 Å². The molecule has 0 aliphatic heterocycles. The Morgan fingerprint density at radius 3 is 2.48 bits per heavy atom. The molecule has 0 amide bonds. The zero-order chi connectivity index (χ0) is 15.2. The Labute approximate surface area is 132 Å². The predicted octanol–water partition coefficient (Wildman–Crippen LogP) is 3.65. The fourth-order valence-corrected chi connectivity index (χ4v) is 2.08. The highest BCUT2D eigenvalue weighted by Gasteiger charge is 2.09. The normalized spacial score (nSPS) is 10.0. The lowest BCUT2D eigenvalue weighted by molar-refractivity contribution is 0.0997. The monoisotopic (exact) mass is 322 g/mol. The average Bonchev–Trinajstić information content (AvgIpc) is 2.48. The van der Waals surface area contributed by atoms with Crippen LogP contribution in [0.15, 0.2) is 48.5 Å². The van der Waals surface area contributed by atoms with Crippen LogP contribution in [-0.4, -0.2) is 17.4 Å². The van der Waals surface area contributed by atoms with Crippen molar-refractivity contribution in [3.05, 3.63) is 64.9 Å². The summed E-state index contributed by atoms with van der Waals surface area (Å²) in [6.45, 7) is 0.0246. The zero-order valence-corrected chi connectivity index (χ0v) is 12.5. The summed E-state index contributed by atoms with van der Waals surface area (Å²) in [5.41, 5.74) is 1.08. The van der Waals surface area contributed by atoms with Gasteiger partial charge in [0.05, 0.1) is 11.6 Å². The first-order chi connectivity index (χ1) is 10.1. The first-order valence-corrected chi connectivity index (χ1v) is 6.93. The molecule has 0 aliphatic carbocycles. The Hall–Kier alpha value is -1.98. The maximum absolute atomic E-state index is 12.8. The fourth-order valence-electron chi connectivity index (χ4n) is 1.65. The lowest BCUT2D eigenvalue weighted by Crippen LogP contribution is -2.33. The van der Waals surface area contributed by atoms with Crippen molar-refractivity contribution in [2.45, 2.75) is 0 Å². The van der Waals surface area contributed by atoms with Gasteiger partial charge in [-0.15, -0.1) is 0 Å². The number of Topliss-reactive ketones (excluding diaryl/α,β-unsaturated/α-hetero) is 1. The zero-order valence-electron chi connectivity index (χ0n) is 10.9. The number of hydrogen-bond acceptors (Lipinski definition) is 2. The molecule has 2 N–H and O–H groups in total. The number of ketones is 1. The van der Waals surface area contributed by atoms with Gasteiger partial charge in [-0.1, -0.05) is 23.7 Å². The van der Waals surface area contributed by atoms with Gasteiger partial charge in [0.25, 0.3) is 0 Å². The van der Waals surface area contributed by atoms with Crippen LogP contribution in [0.5, 0.6) is 0 Å². The van der Waals surface area contributed by atoms with Crippen LogP contribution in [0.25, 0.3) is 0 Å². The molecule has 0 radical (unpaired) electrons. The highest BCUT2D eigenvalue weighted by atomic mass is 35.5. The Kier molecular flexibility index (Phi) is 5.25. The van der Waals surface area contributed by atoms with E-state index in [1.54, 1.807) is 36.4 Å². The van der Waals surface area contributed by atoms with Crippen molar-refractivity contribution >= 4 is 40.4 Å². The quantitative estimate of drug-likeness (QED) is 0.666. The Balaban J connectivity index is 1.88. The molecule has 0 atom stereocenters. The van der Waals surface area contributed by atoms with E-state index in [0.717, 1.165) is 0 Å². The van der Waals surface area contributed by atoms with Crippen molar-refractivity contribution in [2.24, 2.45) is 0 Å². The summed E-state index contributed by atoms with van der Waals surface area (Å²) in [4.78, 5) is 12.0. The molecule has 21 heavy (non-hydrogen) atoms. The Bertz CT molecular complexity index is 661. The maximum Gasteiger partial charge on any atom is 0.183 e. The van der Waals surface area contributed by atoms with Gasteiger partial charge in [0.2, 0.25) is 0 Å². The number of nitrogens with one attached hydrogen (secondary N) is 2. The number of carbonyl (C=O) groups is 1. The van der Waals surface area contributed by atoms with Gasteiger partial charge in [-0.2, -0.15) is 0 Å². The molecule has 0 bridgehead atoms. The van der Waals surface area contributed by atoms with Gasteiger partial charge in [0.15, 0.2) is 10.9 Å². The number of carbonyl (C=O) groups excluding carboxylic acids is 1. The third kappa shape index (κ3) is 4.51. The number of hydrogen-bond donors (Lipinski definition) is 2. The summed E-state index contributed by atoms with van der Waals surface area (Å²) in [7, 11) is 0. The molecular weight excluding hydrogens is 311 g/mol. The molecule has 0 fully saturated rings. The number of benzene rings is 2. The lowest BCUT2D eigenvalue weighted by Gasteiger charge is -2.10. The molecule has 0 saturated heterocycles. The molecule has 2 aromatic carbocycles. The van der Waals surface area contributed by atoms with Crippen molar-refractivity contribution in [3.8, 4) is 0 Å². The van der Waals surface area contributed by atoms with Crippen LogP contribution < -0.4 is 10.6 Å². The van der Waals surface area contributed by atoms with E-state index >= 15 is 0 Å². The second-order valence-electron chi connectivity index (χ2n) is 4.22. The number of thiocarbonyl (C=S) groups is 1. The second-order valence-corrected chi connectivity index (χ2v) is 5.03. The SMILES string of the molecule is O=C(CNC(=S)Nc1ccc(F)cc1)c1ccccc1Cl. The highest BCUT2D eigenvalue weighted by Crippen LogP contribution is 2.15. The van der Waals surface area contributed by atoms with Crippen LogP contribution in [0.3, 0.4) is 0 Å². The minimum atomic E-state index is -0.326. The third-order valence-electron chi connectivity index (χ3n) is 2.69. The molecule has 0 aromatic heterocycles. The fraction of sp³-hybridized carbons (Fsp3) is 0.0667. The van der Waals surface area contributed by atoms with E-state index in [1.165, 1.54) is 12.1 Å². The van der Waals surface area contributed by atoms with E-state index in [4.69, 9.17) is 23.8 Å². The largest absolute Gasteiger partial charge is 0.355 e. The first kappa shape index (κ1) is 15.4. The molecule has 2 aromatic rings. The van der Waals surface area contributed by atoms with Crippen LogP contribution in [-0.2, 0) is 0 Å².